The summed E-state index contributed by atoms with van der Waals surface area (Å²) < 4.78 is 5.32. The van der Waals surface area contributed by atoms with E-state index in [1.54, 1.807) is 6.92 Å². The summed E-state index contributed by atoms with van der Waals surface area (Å²) in [6.07, 6.45) is 1.96. The highest BCUT2D eigenvalue weighted by Gasteiger charge is 2.22. The van der Waals surface area contributed by atoms with Crippen LogP contribution in [0.25, 0.3) is 0 Å². The molecule has 1 aliphatic heterocycles. The van der Waals surface area contributed by atoms with E-state index in [0.29, 0.717) is 30.6 Å². The van der Waals surface area contributed by atoms with Crippen LogP contribution in [0.15, 0.2) is 0 Å². The monoisotopic (exact) mass is 295 g/mol. The van der Waals surface area contributed by atoms with Crippen molar-refractivity contribution in [3.05, 3.63) is 15.8 Å². The third-order valence-corrected chi connectivity index (χ3v) is 3.44. The van der Waals surface area contributed by atoms with Crippen molar-refractivity contribution in [3.8, 4) is 0 Å². The maximum atomic E-state index is 11.2. The van der Waals surface area contributed by atoms with Crippen molar-refractivity contribution in [1.29, 1.82) is 0 Å². The van der Waals surface area contributed by atoms with Crippen LogP contribution in [0, 0.1) is 23.0 Å². The molecule has 1 fully saturated rings. The molecule has 1 atom stereocenters. The van der Waals surface area contributed by atoms with Crippen molar-refractivity contribution in [1.82, 2.24) is 9.97 Å². The second-order valence-corrected chi connectivity index (χ2v) is 5.06. The van der Waals surface area contributed by atoms with Gasteiger partial charge in [0, 0.05) is 26.3 Å². The van der Waals surface area contributed by atoms with Gasteiger partial charge in [0.05, 0.1) is 4.92 Å². The molecule has 2 rings (SSSR count). The SMILES string of the molecule is CCNc1nc(C)c([N+](=O)[O-])c(NCCC2CCOC2)n1. The van der Waals surface area contributed by atoms with Crippen LogP contribution in [0.2, 0.25) is 0 Å². The first-order valence-electron chi connectivity index (χ1n) is 7.20. The Morgan fingerprint density at radius 1 is 1.43 bits per heavy atom. The van der Waals surface area contributed by atoms with Crippen LogP contribution in [-0.2, 0) is 4.74 Å². The number of hydrogen-bond donors (Lipinski definition) is 2. The summed E-state index contributed by atoms with van der Waals surface area (Å²) in [5, 5.41) is 17.2. The first-order valence-corrected chi connectivity index (χ1v) is 7.20. The Bertz CT molecular complexity index is 503. The normalized spacial score (nSPS) is 17.7. The van der Waals surface area contributed by atoms with Crippen LogP contribution in [0.1, 0.15) is 25.5 Å². The molecule has 1 aromatic rings. The van der Waals surface area contributed by atoms with Crippen LogP contribution >= 0.6 is 0 Å². The second-order valence-electron chi connectivity index (χ2n) is 5.06. The average molecular weight is 295 g/mol. The average Bonchev–Trinajstić information content (AvgIpc) is 2.91. The molecule has 8 nitrogen and oxygen atoms in total. The standard InChI is InChI=1S/C13H21N5O3/c1-3-14-13-16-9(2)11(18(19)20)12(17-13)15-6-4-10-5-7-21-8-10/h10H,3-8H2,1-2H3,(H2,14,15,16,17). The fourth-order valence-corrected chi connectivity index (χ4v) is 2.35. The molecule has 21 heavy (non-hydrogen) atoms. The van der Waals surface area contributed by atoms with Gasteiger partial charge in [-0.05, 0) is 32.6 Å². The topological polar surface area (TPSA) is 102 Å². The summed E-state index contributed by atoms with van der Waals surface area (Å²) in [5.41, 5.74) is 0.303. The lowest BCUT2D eigenvalue weighted by atomic mass is 10.1. The molecular formula is C13H21N5O3. The van der Waals surface area contributed by atoms with Gasteiger partial charge in [0.2, 0.25) is 11.8 Å². The van der Waals surface area contributed by atoms with Crippen LogP contribution in [0.4, 0.5) is 17.5 Å². The van der Waals surface area contributed by atoms with Gasteiger partial charge in [-0.15, -0.1) is 0 Å². The summed E-state index contributed by atoms with van der Waals surface area (Å²) in [6.45, 7) is 6.42. The molecule has 0 radical (unpaired) electrons. The minimum absolute atomic E-state index is 0.0562. The largest absolute Gasteiger partial charge is 0.381 e. The number of aryl methyl sites for hydroxylation is 1. The molecule has 8 heteroatoms. The van der Waals surface area contributed by atoms with Crippen molar-refractivity contribution in [3.63, 3.8) is 0 Å². The van der Waals surface area contributed by atoms with E-state index in [2.05, 4.69) is 20.6 Å². The Kier molecular flexibility index (Phi) is 5.26. The Hall–Kier alpha value is -1.96. The van der Waals surface area contributed by atoms with Gasteiger partial charge in [-0.3, -0.25) is 10.1 Å². The highest BCUT2D eigenvalue weighted by molar-refractivity contribution is 5.60. The van der Waals surface area contributed by atoms with Crippen molar-refractivity contribution >= 4 is 17.5 Å². The molecule has 0 aliphatic carbocycles. The van der Waals surface area contributed by atoms with E-state index in [0.717, 1.165) is 26.1 Å². The minimum Gasteiger partial charge on any atom is -0.381 e. The predicted molar refractivity (Wildman–Crippen MR) is 79.6 cm³/mol. The van der Waals surface area contributed by atoms with Gasteiger partial charge in [0.25, 0.3) is 0 Å². The molecule has 116 valence electrons. The lowest BCUT2D eigenvalue weighted by molar-refractivity contribution is -0.385. The zero-order chi connectivity index (χ0) is 15.2. The van der Waals surface area contributed by atoms with Crippen molar-refractivity contribution in [2.24, 2.45) is 5.92 Å². The summed E-state index contributed by atoms with van der Waals surface area (Å²) in [6, 6.07) is 0. The molecule has 1 unspecified atom stereocenters. The summed E-state index contributed by atoms with van der Waals surface area (Å²) in [4.78, 5) is 19.0. The third kappa shape index (κ3) is 4.01. The van der Waals surface area contributed by atoms with Crippen molar-refractivity contribution < 1.29 is 9.66 Å². The number of hydrogen-bond acceptors (Lipinski definition) is 7. The van der Waals surface area contributed by atoms with E-state index in [9.17, 15) is 10.1 Å². The maximum Gasteiger partial charge on any atom is 0.332 e. The molecule has 1 aliphatic rings. The second kappa shape index (κ2) is 7.16. The summed E-state index contributed by atoms with van der Waals surface area (Å²) >= 11 is 0. The smallest absolute Gasteiger partial charge is 0.332 e. The Balaban J connectivity index is 2.08. The number of nitro groups is 1. The molecule has 0 bridgehead atoms. The number of rotatable bonds is 7. The molecule has 2 heterocycles. The van der Waals surface area contributed by atoms with Gasteiger partial charge >= 0.3 is 5.69 Å². The minimum atomic E-state index is -0.438. The maximum absolute atomic E-state index is 11.2. The van der Waals surface area contributed by atoms with E-state index in [-0.39, 0.29) is 11.5 Å². The number of nitrogens with one attached hydrogen (secondary N) is 2. The molecule has 1 saturated heterocycles. The van der Waals surface area contributed by atoms with Gasteiger partial charge in [-0.1, -0.05) is 0 Å². The van der Waals surface area contributed by atoms with Gasteiger partial charge in [-0.2, -0.15) is 4.98 Å². The zero-order valence-electron chi connectivity index (χ0n) is 12.4. The van der Waals surface area contributed by atoms with Crippen LogP contribution < -0.4 is 10.6 Å². The van der Waals surface area contributed by atoms with Crippen LogP contribution in [-0.4, -0.2) is 41.2 Å². The van der Waals surface area contributed by atoms with E-state index in [4.69, 9.17) is 4.74 Å². The summed E-state index contributed by atoms with van der Waals surface area (Å²) in [7, 11) is 0. The Morgan fingerprint density at radius 2 is 2.24 bits per heavy atom. The van der Waals surface area contributed by atoms with E-state index in [1.807, 2.05) is 6.92 Å². The molecule has 0 spiro atoms. The van der Waals surface area contributed by atoms with Gasteiger partial charge in [0.1, 0.15) is 5.69 Å². The number of aromatic nitrogens is 2. The Morgan fingerprint density at radius 3 is 2.86 bits per heavy atom. The van der Waals surface area contributed by atoms with Gasteiger partial charge in [0.15, 0.2) is 0 Å². The van der Waals surface area contributed by atoms with Gasteiger partial charge in [-0.25, -0.2) is 4.98 Å². The zero-order valence-corrected chi connectivity index (χ0v) is 12.4. The number of anilines is 2. The molecule has 0 amide bonds. The number of nitrogens with zero attached hydrogens (tertiary/aromatic N) is 3. The van der Waals surface area contributed by atoms with Crippen LogP contribution in [0.3, 0.4) is 0 Å². The summed E-state index contributed by atoms with van der Waals surface area (Å²) in [5.74, 6) is 1.21. The van der Waals surface area contributed by atoms with Crippen molar-refractivity contribution in [2.45, 2.75) is 26.7 Å². The molecule has 1 aromatic heterocycles. The van der Waals surface area contributed by atoms with E-state index < -0.39 is 4.92 Å². The fourth-order valence-electron chi connectivity index (χ4n) is 2.35. The van der Waals surface area contributed by atoms with Crippen LogP contribution in [0.5, 0.6) is 0 Å². The lowest BCUT2D eigenvalue weighted by Crippen LogP contribution is -2.14. The number of ether oxygens (including phenoxy) is 1. The third-order valence-electron chi connectivity index (χ3n) is 3.44. The molecular weight excluding hydrogens is 274 g/mol. The Labute approximate surface area is 123 Å². The molecule has 0 saturated carbocycles. The predicted octanol–water partition coefficient (Wildman–Crippen LogP) is 1.96. The lowest BCUT2D eigenvalue weighted by Gasteiger charge is -2.11. The first-order chi connectivity index (χ1) is 10.1. The van der Waals surface area contributed by atoms with E-state index >= 15 is 0 Å². The van der Waals surface area contributed by atoms with Crippen molar-refractivity contribution in [2.75, 3.05) is 36.9 Å². The highest BCUT2D eigenvalue weighted by atomic mass is 16.6. The van der Waals surface area contributed by atoms with E-state index in [1.165, 1.54) is 0 Å². The quantitative estimate of drug-likeness (QED) is 0.585. The fraction of sp³-hybridized carbons (Fsp3) is 0.692. The van der Waals surface area contributed by atoms with Gasteiger partial charge < -0.3 is 15.4 Å². The first kappa shape index (κ1) is 15.4. The highest BCUT2D eigenvalue weighted by Crippen LogP contribution is 2.27. The molecule has 0 aromatic carbocycles. The molecule has 2 N–H and O–H groups in total.